The first-order valence-electron chi connectivity index (χ1n) is 10.5. The average Bonchev–Trinajstić information content (AvgIpc) is 3.32. The number of nitrogens with zero attached hydrogens (tertiary/aromatic N) is 2. The van der Waals surface area contributed by atoms with Crippen molar-refractivity contribution in [2.75, 3.05) is 11.9 Å². The minimum Gasteiger partial charge on any atom is -0.390 e. The van der Waals surface area contributed by atoms with Crippen LogP contribution in [0.5, 0.6) is 0 Å². The number of thiophene rings is 1. The minimum absolute atomic E-state index is 0.0293. The Balaban J connectivity index is 1.51. The molecule has 0 bridgehead atoms. The van der Waals surface area contributed by atoms with E-state index in [0.29, 0.717) is 15.6 Å². The lowest BCUT2D eigenvalue weighted by Gasteiger charge is -2.18. The van der Waals surface area contributed by atoms with Crippen molar-refractivity contribution in [1.82, 2.24) is 9.97 Å². The molecule has 4 N–H and O–H groups in total. The third kappa shape index (κ3) is 6.21. The zero-order chi connectivity index (χ0) is 25.2. The summed E-state index contributed by atoms with van der Waals surface area (Å²) in [7, 11) is -4.23. The Kier molecular flexibility index (Phi) is 7.79. The molecule has 2 heterocycles. The molecule has 0 saturated heterocycles. The average molecular weight is 541 g/mol. The third-order valence-electron chi connectivity index (χ3n) is 5.69. The van der Waals surface area contributed by atoms with Crippen molar-refractivity contribution in [3.05, 3.63) is 74.8 Å². The van der Waals surface area contributed by atoms with Crippen molar-refractivity contribution in [2.45, 2.75) is 31.2 Å². The molecule has 3 aromatic rings. The van der Waals surface area contributed by atoms with Crippen molar-refractivity contribution in [3.63, 3.8) is 0 Å². The number of hydrogen-bond donors (Lipinski definition) is 3. The van der Waals surface area contributed by atoms with E-state index in [4.69, 9.17) is 16.7 Å². The molecule has 1 saturated carbocycles. The highest BCUT2D eigenvalue weighted by Gasteiger charge is 2.44. The van der Waals surface area contributed by atoms with Crippen LogP contribution in [0.4, 0.5) is 10.2 Å². The van der Waals surface area contributed by atoms with Crippen LogP contribution in [-0.4, -0.2) is 54.2 Å². The van der Waals surface area contributed by atoms with E-state index in [0.717, 1.165) is 22.5 Å². The van der Waals surface area contributed by atoms with Gasteiger partial charge < -0.3 is 10.4 Å². The van der Waals surface area contributed by atoms with E-state index in [1.54, 1.807) is 6.07 Å². The monoisotopic (exact) mass is 540 g/mol. The van der Waals surface area contributed by atoms with Crippen LogP contribution < -0.4 is 10.5 Å². The Hall–Kier alpha value is -2.48. The number of benzene rings is 1. The van der Waals surface area contributed by atoms with Gasteiger partial charge >= 0.3 is 10.3 Å². The number of carbonyl (C=O) groups excluding carboxylic acids is 1. The zero-order valence-electron chi connectivity index (χ0n) is 18.2. The maximum atomic E-state index is 14.8. The molecule has 1 aliphatic carbocycles. The van der Waals surface area contributed by atoms with E-state index in [1.165, 1.54) is 12.5 Å². The van der Waals surface area contributed by atoms with E-state index >= 15 is 0 Å². The molecule has 0 amide bonds. The van der Waals surface area contributed by atoms with Crippen molar-refractivity contribution in [1.29, 1.82) is 0 Å². The number of aliphatic hydroxyl groups is 1. The lowest BCUT2D eigenvalue weighted by atomic mass is 10.1. The predicted octanol–water partition coefficient (Wildman–Crippen LogP) is 2.73. The van der Waals surface area contributed by atoms with Gasteiger partial charge in [0.05, 0.1) is 33.5 Å². The zero-order valence-corrected chi connectivity index (χ0v) is 20.6. The largest absolute Gasteiger partial charge is 0.390 e. The molecule has 1 aliphatic rings. The molecule has 4 atom stereocenters. The minimum atomic E-state index is -4.23. The highest BCUT2D eigenvalue weighted by molar-refractivity contribution is 7.84. The number of aromatic nitrogens is 2. The summed E-state index contributed by atoms with van der Waals surface area (Å²) in [6, 6.07) is 10.5. The number of anilines is 1. The molecule has 0 spiro atoms. The number of nitrogens with one attached hydrogen (secondary N) is 1. The number of rotatable bonds is 9. The number of halogens is 2. The molecule has 2 aromatic heterocycles. The Bertz CT molecular complexity index is 1310. The standard InChI is InChI=1S/C22H22ClFN4O5S2/c23-21-13(6-12-4-2-1-3-5-12)8-17(34-21)20(30)15-9-26-11-27-22(15)28-16-7-14(19(29)18(16)24)10-33-35(25,31)32/h1-5,8-9,11,14,16,18-19,29H,6-7,10H2,(H2,25,31,32)(H,26,27,28)/t14-,16-,18-,19-/m1/s1. The number of hydrogen-bond acceptors (Lipinski definition) is 9. The molecular formula is C22H22ClFN4O5S2. The van der Waals surface area contributed by atoms with Gasteiger partial charge in [-0.1, -0.05) is 41.9 Å². The van der Waals surface area contributed by atoms with Crippen LogP contribution in [0.25, 0.3) is 0 Å². The fourth-order valence-corrected chi connectivity index (χ4v) is 5.55. The van der Waals surface area contributed by atoms with Crippen LogP contribution >= 0.6 is 22.9 Å². The lowest BCUT2D eigenvalue weighted by molar-refractivity contribution is 0.0501. The van der Waals surface area contributed by atoms with Crippen LogP contribution in [0.1, 0.15) is 32.8 Å². The second-order valence-corrected chi connectivity index (χ2v) is 11.0. The van der Waals surface area contributed by atoms with Crippen molar-refractivity contribution in [3.8, 4) is 0 Å². The van der Waals surface area contributed by atoms with Crippen molar-refractivity contribution < 1.29 is 26.9 Å². The molecule has 13 heteroatoms. The van der Waals surface area contributed by atoms with Crippen LogP contribution in [0.2, 0.25) is 4.34 Å². The first kappa shape index (κ1) is 25.6. The van der Waals surface area contributed by atoms with Crippen LogP contribution in [0.15, 0.2) is 48.9 Å². The van der Waals surface area contributed by atoms with Crippen molar-refractivity contribution >= 4 is 44.8 Å². The van der Waals surface area contributed by atoms with Gasteiger partial charge in [-0.15, -0.1) is 11.3 Å². The molecular weight excluding hydrogens is 519 g/mol. The third-order valence-corrected chi connectivity index (χ3v) is 7.60. The summed E-state index contributed by atoms with van der Waals surface area (Å²) in [4.78, 5) is 21.7. The summed E-state index contributed by atoms with van der Waals surface area (Å²) in [5, 5.41) is 17.8. The van der Waals surface area contributed by atoms with Gasteiger partial charge in [0, 0.05) is 12.1 Å². The van der Waals surface area contributed by atoms with Gasteiger partial charge in [-0.25, -0.2) is 19.5 Å². The van der Waals surface area contributed by atoms with Gasteiger partial charge in [0.1, 0.15) is 18.3 Å². The summed E-state index contributed by atoms with van der Waals surface area (Å²) >= 11 is 7.53. The Morgan fingerprint density at radius 3 is 2.80 bits per heavy atom. The Morgan fingerprint density at radius 1 is 1.34 bits per heavy atom. The van der Waals surface area contributed by atoms with Gasteiger partial charge in [-0.2, -0.15) is 8.42 Å². The van der Waals surface area contributed by atoms with Gasteiger partial charge in [0.2, 0.25) is 5.78 Å². The quantitative estimate of drug-likeness (QED) is 0.351. The molecule has 0 unspecified atom stereocenters. The summed E-state index contributed by atoms with van der Waals surface area (Å²) in [6.07, 6.45) is -0.112. The van der Waals surface area contributed by atoms with E-state index in [1.807, 2.05) is 30.3 Å². The maximum Gasteiger partial charge on any atom is 0.333 e. The first-order valence-corrected chi connectivity index (χ1v) is 13.2. The SMILES string of the molecule is NS(=O)(=O)OC[C@H]1C[C@@H](Nc2ncncc2C(=O)c2cc(Cc3ccccc3)c(Cl)s2)[C@@H](F)[C@@H]1O. The fraction of sp³-hybridized carbons (Fsp3) is 0.318. The summed E-state index contributed by atoms with van der Waals surface area (Å²) < 4.78 is 41.8. The molecule has 186 valence electrons. The molecule has 1 fully saturated rings. The molecule has 0 aliphatic heterocycles. The molecule has 35 heavy (non-hydrogen) atoms. The topological polar surface area (TPSA) is 144 Å². The number of carbonyl (C=O) groups is 1. The van der Waals surface area contributed by atoms with Crippen molar-refractivity contribution in [2.24, 2.45) is 11.1 Å². The second kappa shape index (κ2) is 10.6. The van der Waals surface area contributed by atoms with Gasteiger partial charge in [-0.05, 0) is 30.0 Å². The number of nitrogens with two attached hydrogens (primary N) is 1. The Morgan fingerprint density at radius 2 is 2.09 bits per heavy atom. The van der Waals surface area contributed by atoms with Gasteiger partial charge in [0.15, 0.2) is 0 Å². The van der Waals surface area contributed by atoms with Crippen LogP contribution in [0.3, 0.4) is 0 Å². The second-order valence-electron chi connectivity index (χ2n) is 8.15. The van der Waals surface area contributed by atoms with E-state index < -0.39 is 41.1 Å². The van der Waals surface area contributed by atoms with Crippen LogP contribution in [0, 0.1) is 5.92 Å². The highest BCUT2D eigenvalue weighted by Crippen LogP contribution is 2.34. The van der Waals surface area contributed by atoms with E-state index in [9.17, 15) is 22.7 Å². The normalized spacial score (nSPS) is 22.3. The highest BCUT2D eigenvalue weighted by atomic mass is 35.5. The summed E-state index contributed by atoms with van der Waals surface area (Å²) in [5.41, 5.74) is 1.96. The van der Waals surface area contributed by atoms with Crippen LogP contribution in [-0.2, 0) is 20.9 Å². The first-order chi connectivity index (χ1) is 16.6. The Labute approximate surface area is 210 Å². The van der Waals surface area contributed by atoms with E-state index in [-0.39, 0.29) is 23.6 Å². The number of aliphatic hydroxyl groups excluding tert-OH is 1. The van der Waals surface area contributed by atoms with Gasteiger partial charge in [0.25, 0.3) is 0 Å². The summed E-state index contributed by atoms with van der Waals surface area (Å²) in [6.45, 7) is -0.466. The lowest BCUT2D eigenvalue weighted by Crippen LogP contribution is -2.33. The number of alkyl halides is 1. The maximum absolute atomic E-state index is 14.8. The molecule has 1 aromatic carbocycles. The molecule has 9 nitrogen and oxygen atoms in total. The number of ketones is 1. The summed E-state index contributed by atoms with van der Waals surface area (Å²) in [5.74, 6) is -1.12. The fourth-order valence-electron chi connectivity index (χ4n) is 3.95. The smallest absolute Gasteiger partial charge is 0.333 e. The van der Waals surface area contributed by atoms with E-state index in [2.05, 4.69) is 19.5 Å². The molecule has 4 rings (SSSR count). The predicted molar refractivity (Wildman–Crippen MR) is 130 cm³/mol. The van der Waals surface area contributed by atoms with Gasteiger partial charge in [-0.3, -0.25) is 8.98 Å². The molecule has 0 radical (unpaired) electrons.